The van der Waals surface area contributed by atoms with Crippen LogP contribution in [0.25, 0.3) is 0 Å². The molecule has 1 atom stereocenters. The number of hydrogen-bond donors (Lipinski definition) is 1. The molecule has 21 heavy (non-hydrogen) atoms. The molecule has 1 aromatic carbocycles. The molecular weight excluding hydrogens is 265 g/mol. The molecule has 1 unspecified atom stereocenters. The first-order valence-corrected chi connectivity index (χ1v) is 7.76. The van der Waals surface area contributed by atoms with E-state index in [1.165, 1.54) is 31.7 Å². The molecule has 1 fully saturated rings. The molecule has 2 aromatic rings. The highest BCUT2D eigenvalue weighted by molar-refractivity contribution is 5.20. The normalized spacial score (nSPS) is 17.2. The SMILES string of the molecule is CC(NCc1ccn(C2CCCC2)n1)c1ccccc1F. The van der Waals surface area contributed by atoms with Crippen molar-refractivity contribution in [1.82, 2.24) is 15.1 Å². The molecule has 3 rings (SSSR count). The van der Waals surface area contributed by atoms with Crippen molar-refractivity contribution in [3.05, 3.63) is 53.6 Å². The van der Waals surface area contributed by atoms with E-state index in [0.29, 0.717) is 18.2 Å². The largest absolute Gasteiger partial charge is 0.304 e. The van der Waals surface area contributed by atoms with Crippen LogP contribution in [0.2, 0.25) is 0 Å². The van der Waals surface area contributed by atoms with Crippen molar-refractivity contribution < 1.29 is 4.39 Å². The second-order valence-electron chi connectivity index (χ2n) is 5.85. The minimum atomic E-state index is -0.158. The summed E-state index contributed by atoms with van der Waals surface area (Å²) >= 11 is 0. The highest BCUT2D eigenvalue weighted by Gasteiger charge is 2.17. The van der Waals surface area contributed by atoms with E-state index in [1.807, 2.05) is 19.1 Å². The molecule has 3 nitrogen and oxygen atoms in total. The van der Waals surface area contributed by atoms with Gasteiger partial charge in [0, 0.05) is 24.3 Å². The zero-order valence-electron chi connectivity index (χ0n) is 12.4. The lowest BCUT2D eigenvalue weighted by molar-refractivity contribution is 0.457. The van der Waals surface area contributed by atoms with E-state index in [1.54, 1.807) is 6.07 Å². The third kappa shape index (κ3) is 3.32. The monoisotopic (exact) mass is 287 g/mol. The van der Waals surface area contributed by atoms with Gasteiger partial charge in [-0.2, -0.15) is 5.10 Å². The van der Waals surface area contributed by atoms with E-state index in [0.717, 1.165) is 5.69 Å². The first-order valence-electron chi connectivity index (χ1n) is 7.76. The molecule has 0 amide bonds. The van der Waals surface area contributed by atoms with E-state index < -0.39 is 0 Å². The molecule has 1 heterocycles. The topological polar surface area (TPSA) is 29.9 Å². The van der Waals surface area contributed by atoms with Crippen molar-refractivity contribution in [2.45, 2.75) is 51.2 Å². The van der Waals surface area contributed by atoms with Gasteiger partial charge >= 0.3 is 0 Å². The molecule has 4 heteroatoms. The molecule has 1 N–H and O–H groups in total. The maximum Gasteiger partial charge on any atom is 0.127 e. The van der Waals surface area contributed by atoms with Crippen LogP contribution in [0, 0.1) is 5.82 Å². The zero-order chi connectivity index (χ0) is 14.7. The molecule has 0 spiro atoms. The van der Waals surface area contributed by atoms with Gasteiger partial charge in [-0.25, -0.2) is 4.39 Å². The highest BCUT2D eigenvalue weighted by atomic mass is 19.1. The summed E-state index contributed by atoms with van der Waals surface area (Å²) in [6.45, 7) is 2.64. The van der Waals surface area contributed by atoms with E-state index >= 15 is 0 Å². The van der Waals surface area contributed by atoms with Gasteiger partial charge in [0.05, 0.1) is 11.7 Å². The van der Waals surface area contributed by atoms with E-state index in [-0.39, 0.29) is 11.9 Å². The lowest BCUT2D eigenvalue weighted by Gasteiger charge is -2.14. The second kappa shape index (κ2) is 6.39. The second-order valence-corrected chi connectivity index (χ2v) is 5.85. The third-order valence-corrected chi connectivity index (χ3v) is 4.32. The van der Waals surface area contributed by atoms with Crippen molar-refractivity contribution in [2.75, 3.05) is 0 Å². The quantitative estimate of drug-likeness (QED) is 0.901. The molecule has 1 aliphatic carbocycles. The van der Waals surface area contributed by atoms with Crippen LogP contribution >= 0.6 is 0 Å². The minimum absolute atomic E-state index is 0.0252. The molecule has 112 valence electrons. The Morgan fingerprint density at radius 1 is 1.29 bits per heavy atom. The lowest BCUT2D eigenvalue weighted by atomic mass is 10.1. The van der Waals surface area contributed by atoms with Gasteiger partial charge in [-0.15, -0.1) is 0 Å². The van der Waals surface area contributed by atoms with Gasteiger partial charge in [0.2, 0.25) is 0 Å². The van der Waals surface area contributed by atoms with Crippen LogP contribution in [0.3, 0.4) is 0 Å². The van der Waals surface area contributed by atoms with Crippen LogP contribution in [0.1, 0.15) is 55.9 Å². The summed E-state index contributed by atoms with van der Waals surface area (Å²) in [6.07, 6.45) is 7.16. The van der Waals surface area contributed by atoms with E-state index in [4.69, 9.17) is 0 Å². The fourth-order valence-corrected chi connectivity index (χ4v) is 3.04. The highest BCUT2D eigenvalue weighted by Crippen LogP contribution is 2.28. The summed E-state index contributed by atoms with van der Waals surface area (Å²) in [5.41, 5.74) is 1.72. The van der Waals surface area contributed by atoms with Gasteiger partial charge in [-0.1, -0.05) is 31.0 Å². The number of nitrogens with zero attached hydrogens (tertiary/aromatic N) is 2. The summed E-state index contributed by atoms with van der Waals surface area (Å²) in [5, 5.41) is 7.98. The Labute approximate surface area is 125 Å². The van der Waals surface area contributed by atoms with Crippen molar-refractivity contribution >= 4 is 0 Å². The number of halogens is 1. The van der Waals surface area contributed by atoms with Gasteiger partial charge in [0.25, 0.3) is 0 Å². The summed E-state index contributed by atoms with van der Waals surface area (Å²) in [4.78, 5) is 0. The molecule has 0 saturated heterocycles. The van der Waals surface area contributed by atoms with Crippen LogP contribution < -0.4 is 5.32 Å². The fourth-order valence-electron chi connectivity index (χ4n) is 3.04. The maximum absolute atomic E-state index is 13.7. The Balaban J connectivity index is 1.59. The van der Waals surface area contributed by atoms with Gasteiger partial charge in [0.1, 0.15) is 5.82 Å². The van der Waals surface area contributed by atoms with Crippen molar-refractivity contribution in [2.24, 2.45) is 0 Å². The number of hydrogen-bond acceptors (Lipinski definition) is 2. The van der Waals surface area contributed by atoms with Crippen LogP contribution in [-0.4, -0.2) is 9.78 Å². The summed E-state index contributed by atoms with van der Waals surface area (Å²) in [7, 11) is 0. The van der Waals surface area contributed by atoms with Crippen LogP contribution in [0.5, 0.6) is 0 Å². The predicted molar refractivity (Wildman–Crippen MR) is 81.4 cm³/mol. The summed E-state index contributed by atoms with van der Waals surface area (Å²) in [6, 6.07) is 9.51. The fraction of sp³-hybridized carbons (Fsp3) is 0.471. The van der Waals surface area contributed by atoms with Crippen molar-refractivity contribution in [3.63, 3.8) is 0 Å². The van der Waals surface area contributed by atoms with Gasteiger partial charge in [-0.3, -0.25) is 4.68 Å². The molecule has 0 radical (unpaired) electrons. The van der Waals surface area contributed by atoms with Crippen molar-refractivity contribution in [3.8, 4) is 0 Å². The molecule has 1 aliphatic rings. The Bertz CT molecular complexity index is 587. The van der Waals surface area contributed by atoms with E-state index in [9.17, 15) is 4.39 Å². The number of nitrogens with one attached hydrogen (secondary N) is 1. The summed E-state index contributed by atoms with van der Waals surface area (Å²) < 4.78 is 15.8. The van der Waals surface area contributed by atoms with Gasteiger partial charge in [-0.05, 0) is 31.9 Å². The predicted octanol–water partition coefficient (Wildman–Crippen LogP) is 3.99. The molecule has 1 aromatic heterocycles. The van der Waals surface area contributed by atoms with Gasteiger partial charge in [0.15, 0.2) is 0 Å². The first kappa shape index (κ1) is 14.3. The Morgan fingerprint density at radius 2 is 2.05 bits per heavy atom. The molecular formula is C17H22FN3. The van der Waals surface area contributed by atoms with Gasteiger partial charge < -0.3 is 5.32 Å². The summed E-state index contributed by atoms with van der Waals surface area (Å²) in [5.74, 6) is -0.158. The third-order valence-electron chi connectivity index (χ3n) is 4.32. The minimum Gasteiger partial charge on any atom is -0.304 e. The smallest absolute Gasteiger partial charge is 0.127 e. The number of rotatable bonds is 5. The Morgan fingerprint density at radius 3 is 2.81 bits per heavy atom. The Hall–Kier alpha value is -1.68. The molecule has 1 saturated carbocycles. The molecule has 0 aliphatic heterocycles. The average molecular weight is 287 g/mol. The first-order chi connectivity index (χ1) is 10.2. The number of benzene rings is 1. The average Bonchev–Trinajstić information content (AvgIpc) is 3.16. The van der Waals surface area contributed by atoms with Crippen LogP contribution in [0.15, 0.2) is 36.5 Å². The number of aromatic nitrogens is 2. The van der Waals surface area contributed by atoms with Crippen LogP contribution in [0.4, 0.5) is 4.39 Å². The van der Waals surface area contributed by atoms with Crippen LogP contribution in [-0.2, 0) is 6.54 Å². The lowest BCUT2D eigenvalue weighted by Crippen LogP contribution is -2.19. The van der Waals surface area contributed by atoms with Crippen molar-refractivity contribution in [1.29, 1.82) is 0 Å². The standard InChI is InChI=1S/C17H22FN3/c1-13(16-8-4-5-9-17(16)18)19-12-14-10-11-21(20-14)15-6-2-3-7-15/h4-5,8-11,13,15,19H,2-3,6-7,12H2,1H3. The van der Waals surface area contributed by atoms with E-state index in [2.05, 4.69) is 27.4 Å². The Kier molecular flexibility index (Phi) is 4.34. The molecule has 0 bridgehead atoms. The zero-order valence-corrected chi connectivity index (χ0v) is 12.4. The maximum atomic E-state index is 13.7.